The highest BCUT2D eigenvalue weighted by Crippen LogP contribution is 2.33. The normalized spacial score (nSPS) is 18.3. The quantitative estimate of drug-likeness (QED) is 0.827. The fraction of sp³-hybridized carbons (Fsp3) is 0.412. The van der Waals surface area contributed by atoms with E-state index >= 15 is 0 Å². The summed E-state index contributed by atoms with van der Waals surface area (Å²) < 4.78 is 2.94. The molecule has 0 bridgehead atoms. The van der Waals surface area contributed by atoms with Crippen molar-refractivity contribution < 1.29 is 0 Å². The summed E-state index contributed by atoms with van der Waals surface area (Å²) in [6.07, 6.45) is 5.80. The number of aromatic nitrogens is 2. The van der Waals surface area contributed by atoms with Crippen molar-refractivity contribution in [2.75, 3.05) is 36.0 Å². The van der Waals surface area contributed by atoms with Gasteiger partial charge in [0.15, 0.2) is 5.82 Å². The van der Waals surface area contributed by atoms with Crippen LogP contribution in [0.25, 0.3) is 0 Å². The molecule has 2 aromatic rings. The maximum Gasteiger partial charge on any atom is 0.293 e. The van der Waals surface area contributed by atoms with E-state index in [4.69, 9.17) is 0 Å². The molecule has 1 saturated carbocycles. The zero-order chi connectivity index (χ0) is 15.8. The van der Waals surface area contributed by atoms with Gasteiger partial charge in [-0.3, -0.25) is 4.79 Å². The Bertz CT molecular complexity index is 746. The standard InChI is InChI=1S/C17H19BrN4O/c18-13-1-3-14(4-2-13)20-9-11-21(12-10-20)16-17(23)22(8-7-19-16)15-5-6-15/h1-4,7-8,15H,5-6,9-12H2. The molecule has 6 heteroatoms. The first-order valence-electron chi connectivity index (χ1n) is 8.05. The van der Waals surface area contributed by atoms with Crippen molar-refractivity contribution in [3.8, 4) is 0 Å². The Morgan fingerprint density at radius 2 is 1.65 bits per heavy atom. The summed E-state index contributed by atoms with van der Waals surface area (Å²) in [6, 6.07) is 8.78. The predicted octanol–water partition coefficient (Wildman–Crippen LogP) is 2.67. The Balaban J connectivity index is 1.48. The minimum atomic E-state index is 0.0621. The minimum absolute atomic E-state index is 0.0621. The Labute approximate surface area is 143 Å². The zero-order valence-electron chi connectivity index (χ0n) is 12.9. The first-order valence-corrected chi connectivity index (χ1v) is 8.84. The van der Waals surface area contributed by atoms with Crippen molar-refractivity contribution in [1.82, 2.24) is 9.55 Å². The summed E-state index contributed by atoms with van der Waals surface area (Å²) in [6.45, 7) is 3.46. The van der Waals surface area contributed by atoms with Crippen LogP contribution >= 0.6 is 15.9 Å². The maximum atomic E-state index is 12.6. The molecule has 0 amide bonds. The summed E-state index contributed by atoms with van der Waals surface area (Å²) in [7, 11) is 0. The maximum absolute atomic E-state index is 12.6. The second kappa shape index (κ2) is 6.00. The highest BCUT2D eigenvalue weighted by molar-refractivity contribution is 9.10. The lowest BCUT2D eigenvalue weighted by Crippen LogP contribution is -2.48. The summed E-state index contributed by atoms with van der Waals surface area (Å²) >= 11 is 3.47. The van der Waals surface area contributed by atoms with E-state index in [1.54, 1.807) is 6.20 Å². The molecule has 2 fully saturated rings. The SMILES string of the molecule is O=c1c(N2CCN(c3ccc(Br)cc3)CC2)nccn1C1CC1. The van der Waals surface area contributed by atoms with E-state index in [9.17, 15) is 4.79 Å². The molecule has 120 valence electrons. The molecule has 0 N–H and O–H groups in total. The van der Waals surface area contributed by atoms with Crippen molar-refractivity contribution in [3.63, 3.8) is 0 Å². The van der Waals surface area contributed by atoms with Crippen LogP contribution in [0.2, 0.25) is 0 Å². The summed E-state index contributed by atoms with van der Waals surface area (Å²) in [5, 5.41) is 0. The van der Waals surface area contributed by atoms with E-state index in [-0.39, 0.29) is 5.56 Å². The third-order valence-corrected chi connectivity index (χ3v) is 5.09. The molecule has 2 heterocycles. The summed E-state index contributed by atoms with van der Waals surface area (Å²) in [4.78, 5) is 21.4. The topological polar surface area (TPSA) is 41.4 Å². The summed E-state index contributed by atoms with van der Waals surface area (Å²) in [5.74, 6) is 0.606. The number of nitrogens with zero attached hydrogens (tertiary/aromatic N) is 4. The first-order chi connectivity index (χ1) is 11.2. The average molecular weight is 375 g/mol. The van der Waals surface area contributed by atoms with Crippen molar-refractivity contribution in [2.24, 2.45) is 0 Å². The minimum Gasteiger partial charge on any atom is -0.368 e. The van der Waals surface area contributed by atoms with Gasteiger partial charge in [-0.05, 0) is 37.1 Å². The fourth-order valence-corrected chi connectivity index (χ4v) is 3.36. The van der Waals surface area contributed by atoms with Gasteiger partial charge in [0.05, 0.1) is 0 Å². The lowest BCUT2D eigenvalue weighted by molar-refractivity contribution is 0.629. The average Bonchev–Trinajstić information content (AvgIpc) is 3.41. The molecule has 1 aromatic carbocycles. The lowest BCUT2D eigenvalue weighted by atomic mass is 10.2. The molecule has 4 rings (SSSR count). The highest BCUT2D eigenvalue weighted by Gasteiger charge is 2.27. The van der Waals surface area contributed by atoms with Crippen LogP contribution in [-0.4, -0.2) is 35.7 Å². The van der Waals surface area contributed by atoms with Crippen molar-refractivity contribution in [1.29, 1.82) is 0 Å². The number of hydrogen-bond acceptors (Lipinski definition) is 4. The molecular formula is C17H19BrN4O. The van der Waals surface area contributed by atoms with E-state index in [1.165, 1.54) is 5.69 Å². The molecule has 0 radical (unpaired) electrons. The van der Waals surface area contributed by atoms with Gasteiger partial charge in [0.25, 0.3) is 5.56 Å². The number of piperazine rings is 1. The van der Waals surface area contributed by atoms with Gasteiger partial charge in [-0.1, -0.05) is 15.9 Å². The largest absolute Gasteiger partial charge is 0.368 e. The van der Waals surface area contributed by atoms with Gasteiger partial charge in [-0.15, -0.1) is 0 Å². The van der Waals surface area contributed by atoms with Crippen LogP contribution in [0.4, 0.5) is 11.5 Å². The Hall–Kier alpha value is -1.82. The van der Waals surface area contributed by atoms with E-state index in [2.05, 4.69) is 55.0 Å². The Morgan fingerprint density at radius 1 is 1.00 bits per heavy atom. The molecule has 1 aromatic heterocycles. The number of benzene rings is 1. The van der Waals surface area contributed by atoms with Crippen LogP contribution in [0, 0.1) is 0 Å². The Kier molecular flexibility index (Phi) is 3.85. The first kappa shape index (κ1) is 14.8. The fourth-order valence-electron chi connectivity index (χ4n) is 3.10. The van der Waals surface area contributed by atoms with Crippen LogP contribution in [-0.2, 0) is 0 Å². The van der Waals surface area contributed by atoms with Gasteiger partial charge in [-0.25, -0.2) is 4.98 Å². The van der Waals surface area contributed by atoms with Gasteiger partial charge in [-0.2, -0.15) is 0 Å². The molecule has 0 unspecified atom stereocenters. The third kappa shape index (κ3) is 3.00. The van der Waals surface area contributed by atoms with Crippen LogP contribution in [0.1, 0.15) is 18.9 Å². The number of halogens is 1. The number of anilines is 2. The predicted molar refractivity (Wildman–Crippen MR) is 95.3 cm³/mol. The molecule has 5 nitrogen and oxygen atoms in total. The molecular weight excluding hydrogens is 356 g/mol. The molecule has 0 atom stereocenters. The molecule has 0 spiro atoms. The van der Waals surface area contributed by atoms with E-state index in [0.29, 0.717) is 11.9 Å². The molecule has 23 heavy (non-hydrogen) atoms. The monoisotopic (exact) mass is 374 g/mol. The van der Waals surface area contributed by atoms with Gasteiger partial charge in [0, 0.05) is 54.8 Å². The van der Waals surface area contributed by atoms with Crippen LogP contribution < -0.4 is 15.4 Å². The van der Waals surface area contributed by atoms with E-state index < -0.39 is 0 Å². The van der Waals surface area contributed by atoms with Crippen molar-refractivity contribution in [2.45, 2.75) is 18.9 Å². The Morgan fingerprint density at radius 3 is 2.30 bits per heavy atom. The summed E-state index contributed by atoms with van der Waals surface area (Å²) in [5.41, 5.74) is 1.29. The second-order valence-corrected chi connectivity index (χ2v) is 7.06. The number of hydrogen-bond donors (Lipinski definition) is 0. The zero-order valence-corrected chi connectivity index (χ0v) is 14.4. The smallest absolute Gasteiger partial charge is 0.293 e. The van der Waals surface area contributed by atoms with Crippen LogP contribution in [0.3, 0.4) is 0 Å². The lowest BCUT2D eigenvalue weighted by Gasteiger charge is -2.36. The van der Waals surface area contributed by atoms with Crippen molar-refractivity contribution in [3.05, 3.63) is 51.5 Å². The van der Waals surface area contributed by atoms with Crippen LogP contribution in [0.15, 0.2) is 45.9 Å². The molecule has 1 aliphatic heterocycles. The number of rotatable bonds is 3. The van der Waals surface area contributed by atoms with Gasteiger partial charge >= 0.3 is 0 Å². The van der Waals surface area contributed by atoms with Crippen molar-refractivity contribution >= 4 is 27.4 Å². The van der Waals surface area contributed by atoms with Gasteiger partial charge in [0.2, 0.25) is 0 Å². The second-order valence-electron chi connectivity index (χ2n) is 6.14. The van der Waals surface area contributed by atoms with Crippen LogP contribution in [0.5, 0.6) is 0 Å². The molecule has 1 saturated heterocycles. The van der Waals surface area contributed by atoms with E-state index in [0.717, 1.165) is 43.5 Å². The van der Waals surface area contributed by atoms with Gasteiger partial charge < -0.3 is 14.4 Å². The molecule has 2 aliphatic rings. The van der Waals surface area contributed by atoms with E-state index in [1.807, 2.05) is 10.8 Å². The third-order valence-electron chi connectivity index (χ3n) is 4.56. The van der Waals surface area contributed by atoms with Gasteiger partial charge in [0.1, 0.15) is 0 Å². The molecule has 1 aliphatic carbocycles. The highest BCUT2D eigenvalue weighted by atomic mass is 79.9.